The highest BCUT2D eigenvalue weighted by Gasteiger charge is 2.55. The van der Waals surface area contributed by atoms with E-state index in [4.69, 9.17) is 0 Å². The van der Waals surface area contributed by atoms with Crippen molar-refractivity contribution in [2.75, 3.05) is 11.9 Å². The molecule has 0 fully saturated rings. The molecule has 128 valence electrons. The summed E-state index contributed by atoms with van der Waals surface area (Å²) in [6.45, 7) is 4.11. The highest BCUT2D eigenvalue weighted by atomic mass is 16.2. The minimum absolute atomic E-state index is 0.0821. The maximum Gasteiger partial charge on any atom is 0.242 e. The fraction of sp³-hybridized carbons (Fsp3) is 0.125. The Balaban J connectivity index is 2.08. The number of carbonyl (C=O) groups is 1. The van der Waals surface area contributed by atoms with Crippen molar-refractivity contribution in [1.82, 2.24) is 0 Å². The van der Waals surface area contributed by atoms with Gasteiger partial charge in [-0.2, -0.15) is 0 Å². The van der Waals surface area contributed by atoms with Gasteiger partial charge in [-0.05, 0) is 22.8 Å². The third-order valence-electron chi connectivity index (χ3n) is 5.42. The second-order valence-corrected chi connectivity index (χ2v) is 6.68. The molecule has 0 aromatic heterocycles. The third-order valence-corrected chi connectivity index (χ3v) is 5.42. The van der Waals surface area contributed by atoms with Gasteiger partial charge in [0.15, 0.2) is 0 Å². The van der Waals surface area contributed by atoms with Crippen LogP contribution in [0.2, 0.25) is 0 Å². The molecule has 3 aromatic carbocycles. The van der Waals surface area contributed by atoms with E-state index in [1.54, 1.807) is 4.90 Å². The molecule has 3 aromatic rings. The number of hydrogen-bond acceptors (Lipinski definition) is 1. The van der Waals surface area contributed by atoms with Crippen LogP contribution in [0.4, 0.5) is 5.69 Å². The topological polar surface area (TPSA) is 20.3 Å². The van der Waals surface area contributed by atoms with Gasteiger partial charge in [-0.3, -0.25) is 4.79 Å². The quantitative estimate of drug-likeness (QED) is 0.618. The number of fused-ring (bicyclic) bond motifs is 1. The SMILES string of the molecule is C=CC(c1ccccc1)C1(c2ccccc2)C(=O)N(C)c2ccccc21. The van der Waals surface area contributed by atoms with E-state index in [0.29, 0.717) is 0 Å². The first-order valence-corrected chi connectivity index (χ1v) is 8.82. The van der Waals surface area contributed by atoms with E-state index in [2.05, 4.69) is 24.8 Å². The largest absolute Gasteiger partial charge is 0.314 e. The Labute approximate surface area is 154 Å². The van der Waals surface area contributed by atoms with Gasteiger partial charge in [0.2, 0.25) is 5.91 Å². The van der Waals surface area contributed by atoms with Crippen LogP contribution in [0.1, 0.15) is 22.6 Å². The van der Waals surface area contributed by atoms with Crippen LogP contribution in [-0.2, 0) is 10.2 Å². The lowest BCUT2D eigenvalue weighted by Gasteiger charge is -2.36. The van der Waals surface area contributed by atoms with Gasteiger partial charge in [-0.25, -0.2) is 0 Å². The van der Waals surface area contributed by atoms with Gasteiger partial charge in [0, 0.05) is 18.7 Å². The maximum absolute atomic E-state index is 13.7. The number of anilines is 1. The Morgan fingerprint density at radius 1 is 0.885 bits per heavy atom. The van der Waals surface area contributed by atoms with Crippen molar-refractivity contribution >= 4 is 11.6 Å². The van der Waals surface area contributed by atoms with E-state index < -0.39 is 5.41 Å². The number of carbonyl (C=O) groups excluding carboxylic acids is 1. The van der Waals surface area contributed by atoms with Crippen molar-refractivity contribution in [1.29, 1.82) is 0 Å². The first-order valence-electron chi connectivity index (χ1n) is 8.82. The Hall–Kier alpha value is -3.13. The number of amides is 1. The molecule has 1 amide bonds. The summed E-state index contributed by atoms with van der Waals surface area (Å²) >= 11 is 0. The summed E-state index contributed by atoms with van der Waals surface area (Å²) in [5.74, 6) is -0.0802. The zero-order valence-electron chi connectivity index (χ0n) is 14.8. The molecule has 2 unspecified atom stereocenters. The average Bonchev–Trinajstić information content (AvgIpc) is 2.93. The maximum atomic E-state index is 13.7. The van der Waals surface area contributed by atoms with Crippen molar-refractivity contribution in [3.63, 3.8) is 0 Å². The van der Waals surface area contributed by atoms with Crippen LogP contribution < -0.4 is 4.90 Å². The van der Waals surface area contributed by atoms with Crippen molar-refractivity contribution in [2.45, 2.75) is 11.3 Å². The van der Waals surface area contributed by atoms with Crippen LogP contribution in [0, 0.1) is 0 Å². The normalized spacial score (nSPS) is 19.9. The van der Waals surface area contributed by atoms with Crippen LogP contribution in [-0.4, -0.2) is 13.0 Å². The van der Waals surface area contributed by atoms with Gasteiger partial charge in [-0.1, -0.05) is 84.9 Å². The molecule has 2 heteroatoms. The van der Waals surface area contributed by atoms with Crippen LogP contribution >= 0.6 is 0 Å². The summed E-state index contributed by atoms with van der Waals surface area (Å²) in [6.07, 6.45) is 1.91. The molecule has 1 aliphatic heterocycles. The molecule has 0 aliphatic carbocycles. The van der Waals surface area contributed by atoms with E-state index >= 15 is 0 Å². The summed E-state index contributed by atoms with van der Waals surface area (Å²) in [7, 11) is 1.86. The predicted octanol–water partition coefficient (Wildman–Crippen LogP) is 4.92. The standard InChI is InChI=1S/C24H21NO/c1-3-20(18-12-6-4-7-13-18)24(19-14-8-5-9-15-19)21-16-10-11-17-22(21)25(2)23(24)26/h3-17,20H,1H2,2H3. The molecule has 0 bridgehead atoms. The zero-order chi connectivity index (χ0) is 18.1. The predicted molar refractivity (Wildman–Crippen MR) is 106 cm³/mol. The summed E-state index contributed by atoms with van der Waals surface area (Å²) in [4.78, 5) is 15.5. The van der Waals surface area contributed by atoms with Crippen molar-refractivity contribution in [3.05, 3.63) is 114 Å². The lowest BCUT2D eigenvalue weighted by Crippen LogP contribution is -2.44. The zero-order valence-corrected chi connectivity index (χ0v) is 14.8. The molecule has 1 aliphatic rings. The van der Waals surface area contributed by atoms with Gasteiger partial charge in [0.05, 0.1) is 0 Å². The molecule has 0 saturated carbocycles. The van der Waals surface area contributed by atoms with Crippen molar-refractivity contribution in [2.24, 2.45) is 0 Å². The number of hydrogen-bond donors (Lipinski definition) is 0. The Morgan fingerprint density at radius 3 is 2.12 bits per heavy atom. The molecule has 4 rings (SSSR count). The van der Waals surface area contributed by atoms with Crippen LogP contribution in [0.3, 0.4) is 0 Å². The van der Waals surface area contributed by atoms with Crippen molar-refractivity contribution < 1.29 is 4.79 Å². The fourth-order valence-corrected chi connectivity index (χ4v) is 4.27. The second kappa shape index (κ2) is 6.30. The van der Waals surface area contributed by atoms with E-state index in [1.165, 1.54) is 0 Å². The van der Waals surface area contributed by atoms with E-state index in [-0.39, 0.29) is 11.8 Å². The molecule has 2 atom stereocenters. The highest BCUT2D eigenvalue weighted by molar-refractivity contribution is 6.11. The first-order chi connectivity index (χ1) is 12.7. The van der Waals surface area contributed by atoms with Crippen LogP contribution in [0.15, 0.2) is 97.6 Å². The van der Waals surface area contributed by atoms with Crippen LogP contribution in [0.25, 0.3) is 0 Å². The molecule has 2 nitrogen and oxygen atoms in total. The molecular formula is C24H21NO. The number of benzene rings is 3. The molecule has 26 heavy (non-hydrogen) atoms. The number of rotatable bonds is 4. The lowest BCUT2D eigenvalue weighted by molar-refractivity contribution is -0.121. The summed E-state index contributed by atoms with van der Waals surface area (Å²) in [5.41, 5.74) is 3.27. The van der Waals surface area contributed by atoms with Gasteiger partial charge in [0.1, 0.15) is 5.41 Å². The minimum Gasteiger partial charge on any atom is -0.314 e. The van der Waals surface area contributed by atoms with Gasteiger partial charge < -0.3 is 4.90 Å². The van der Waals surface area contributed by atoms with Crippen molar-refractivity contribution in [3.8, 4) is 0 Å². The Bertz CT molecular complexity index is 948. The van der Waals surface area contributed by atoms with E-state index in [1.807, 2.05) is 79.9 Å². The number of likely N-dealkylation sites (N-methyl/N-ethyl adjacent to an activating group) is 1. The number of nitrogens with zero attached hydrogens (tertiary/aromatic N) is 1. The summed E-state index contributed by atoms with van der Waals surface area (Å²) in [5, 5.41) is 0. The van der Waals surface area contributed by atoms with Gasteiger partial charge in [-0.15, -0.1) is 6.58 Å². The summed E-state index contributed by atoms with van der Waals surface area (Å²) < 4.78 is 0. The lowest BCUT2D eigenvalue weighted by atomic mass is 9.64. The number of allylic oxidation sites excluding steroid dienone is 1. The molecule has 0 saturated heterocycles. The molecule has 0 spiro atoms. The number of para-hydroxylation sites is 1. The Morgan fingerprint density at radius 2 is 1.46 bits per heavy atom. The second-order valence-electron chi connectivity index (χ2n) is 6.68. The average molecular weight is 339 g/mol. The smallest absolute Gasteiger partial charge is 0.242 e. The molecule has 0 N–H and O–H groups in total. The molecule has 1 heterocycles. The molecular weight excluding hydrogens is 318 g/mol. The first kappa shape index (κ1) is 16.3. The van der Waals surface area contributed by atoms with E-state index in [0.717, 1.165) is 22.4 Å². The highest BCUT2D eigenvalue weighted by Crippen LogP contribution is 2.53. The van der Waals surface area contributed by atoms with E-state index in [9.17, 15) is 4.79 Å². The summed E-state index contributed by atoms with van der Waals surface area (Å²) in [6, 6.07) is 28.3. The molecule has 0 radical (unpaired) electrons. The minimum atomic E-state index is -0.810. The third kappa shape index (κ3) is 2.15. The fourth-order valence-electron chi connectivity index (χ4n) is 4.27. The monoisotopic (exact) mass is 339 g/mol. The Kier molecular flexibility index (Phi) is 3.96. The van der Waals surface area contributed by atoms with Crippen LogP contribution in [0.5, 0.6) is 0 Å². The van der Waals surface area contributed by atoms with Gasteiger partial charge >= 0.3 is 0 Å². The van der Waals surface area contributed by atoms with Gasteiger partial charge in [0.25, 0.3) is 0 Å².